The number of fused-ring (bicyclic) bond motifs is 5. The Hall–Kier alpha value is -1.26. The van der Waals surface area contributed by atoms with E-state index in [4.69, 9.17) is 9.84 Å². The lowest BCUT2D eigenvalue weighted by atomic mass is 9.44. The van der Waals surface area contributed by atoms with Crippen LogP contribution < -0.4 is 5.32 Å². The van der Waals surface area contributed by atoms with Gasteiger partial charge in [0.15, 0.2) is 0 Å². The Morgan fingerprint density at radius 2 is 1.75 bits per heavy atom. The van der Waals surface area contributed by atoms with Gasteiger partial charge in [-0.2, -0.15) is 0 Å². The van der Waals surface area contributed by atoms with Crippen LogP contribution in [0.3, 0.4) is 0 Å². The van der Waals surface area contributed by atoms with Crippen molar-refractivity contribution in [1.82, 2.24) is 5.32 Å². The van der Waals surface area contributed by atoms with Gasteiger partial charge in [-0.3, -0.25) is 4.79 Å². The number of nitrogens with one attached hydrogen (secondary N) is 1. The van der Waals surface area contributed by atoms with Crippen LogP contribution in [0.5, 0.6) is 0 Å². The molecule has 0 spiro atoms. The van der Waals surface area contributed by atoms with E-state index < -0.39 is 5.97 Å². The van der Waals surface area contributed by atoms with E-state index in [0.717, 1.165) is 37.0 Å². The van der Waals surface area contributed by atoms with Gasteiger partial charge in [0.25, 0.3) is 0 Å². The van der Waals surface area contributed by atoms with E-state index in [9.17, 15) is 9.59 Å². The summed E-state index contributed by atoms with van der Waals surface area (Å²) < 4.78 is 5.74. The van der Waals surface area contributed by atoms with Gasteiger partial charge >= 0.3 is 12.1 Å². The van der Waals surface area contributed by atoms with Gasteiger partial charge in [-0.15, -0.1) is 0 Å². The maximum absolute atomic E-state index is 11.9. The number of carboxylic acid groups (broad SMARTS) is 1. The molecule has 2 N–H and O–H groups in total. The number of carbonyl (C=O) groups is 2. The first-order chi connectivity index (χ1) is 15.2. The van der Waals surface area contributed by atoms with E-state index in [1.54, 1.807) is 0 Å². The summed E-state index contributed by atoms with van der Waals surface area (Å²) in [6.45, 7) is 9.96. The van der Waals surface area contributed by atoms with Gasteiger partial charge in [0.05, 0.1) is 0 Å². The minimum Gasteiger partial charge on any atom is -0.481 e. The fourth-order valence-electron chi connectivity index (χ4n) is 9.19. The Bertz CT molecular complexity index is 710. The van der Waals surface area contributed by atoms with E-state index >= 15 is 0 Å². The summed E-state index contributed by atoms with van der Waals surface area (Å²) in [7, 11) is 0. The standard InChI is InChI=1S/C27H45NO4/c1-5-28-25(31)32-19-12-14-26(3)18(16-19)7-8-20-22-10-9-21(17(2)6-11-24(29)30)27(22,4)15-13-23(20)26/h17-23H,5-16H2,1-4H3,(H,28,31)(H,29,30)/t17-,18-,19-,20+,21-,22+,23+,26+,27-/m1/s1. The topological polar surface area (TPSA) is 75.6 Å². The van der Waals surface area contributed by atoms with Gasteiger partial charge in [-0.1, -0.05) is 20.8 Å². The molecule has 0 heterocycles. The highest BCUT2D eigenvalue weighted by atomic mass is 16.6. The molecule has 32 heavy (non-hydrogen) atoms. The molecule has 4 aliphatic rings. The Kier molecular flexibility index (Phi) is 6.85. The van der Waals surface area contributed by atoms with Crippen LogP contribution in [0.1, 0.15) is 98.3 Å². The lowest BCUT2D eigenvalue weighted by Crippen LogP contribution is -2.54. The number of carboxylic acids is 1. The number of ether oxygens (including phenoxy) is 1. The fourth-order valence-corrected chi connectivity index (χ4v) is 9.19. The number of hydrogen-bond acceptors (Lipinski definition) is 3. The zero-order valence-corrected chi connectivity index (χ0v) is 20.7. The van der Waals surface area contributed by atoms with Crippen molar-refractivity contribution in [1.29, 1.82) is 0 Å². The molecule has 0 aromatic heterocycles. The average molecular weight is 448 g/mol. The fraction of sp³-hybridized carbons (Fsp3) is 0.926. The molecule has 5 nitrogen and oxygen atoms in total. The number of hydrogen-bond donors (Lipinski definition) is 2. The summed E-state index contributed by atoms with van der Waals surface area (Å²) >= 11 is 0. The lowest BCUT2D eigenvalue weighted by Gasteiger charge is -2.61. The Morgan fingerprint density at radius 3 is 2.47 bits per heavy atom. The molecule has 0 aliphatic heterocycles. The van der Waals surface area contributed by atoms with Crippen LogP contribution in [0.25, 0.3) is 0 Å². The second-order valence-electron chi connectivity index (χ2n) is 12.1. The summed E-state index contributed by atoms with van der Waals surface area (Å²) in [5, 5.41) is 11.9. The second kappa shape index (κ2) is 9.18. The van der Waals surface area contributed by atoms with E-state index in [1.165, 1.54) is 44.9 Å². The highest BCUT2D eigenvalue weighted by molar-refractivity contribution is 5.67. The second-order valence-corrected chi connectivity index (χ2v) is 12.1. The number of alkyl carbamates (subject to hydrolysis) is 1. The van der Waals surface area contributed by atoms with Crippen LogP contribution in [0, 0.1) is 46.3 Å². The van der Waals surface area contributed by atoms with Crippen molar-refractivity contribution in [2.24, 2.45) is 46.3 Å². The predicted octanol–water partition coefficient (Wildman–Crippen LogP) is 6.26. The molecule has 4 aliphatic carbocycles. The molecule has 5 heteroatoms. The van der Waals surface area contributed by atoms with Gasteiger partial charge in [0.1, 0.15) is 6.10 Å². The smallest absolute Gasteiger partial charge is 0.407 e. The van der Waals surface area contributed by atoms with Crippen LogP contribution in [0.15, 0.2) is 0 Å². The van der Waals surface area contributed by atoms with E-state index in [2.05, 4.69) is 26.1 Å². The van der Waals surface area contributed by atoms with Crippen molar-refractivity contribution in [2.45, 2.75) is 104 Å². The quantitative estimate of drug-likeness (QED) is 0.504. The maximum Gasteiger partial charge on any atom is 0.407 e. The Morgan fingerprint density at radius 1 is 1.03 bits per heavy atom. The van der Waals surface area contributed by atoms with Gasteiger partial charge < -0.3 is 15.2 Å². The number of aliphatic carboxylic acids is 1. The molecule has 4 rings (SSSR count). The van der Waals surface area contributed by atoms with Crippen molar-refractivity contribution in [3.05, 3.63) is 0 Å². The maximum atomic E-state index is 11.9. The Balaban J connectivity index is 1.43. The van der Waals surface area contributed by atoms with Crippen molar-refractivity contribution in [3.8, 4) is 0 Å². The Labute approximate surface area is 194 Å². The number of rotatable bonds is 6. The first kappa shape index (κ1) is 23.9. The average Bonchev–Trinajstić information content (AvgIpc) is 3.09. The summed E-state index contributed by atoms with van der Waals surface area (Å²) in [6, 6.07) is 0. The van der Waals surface area contributed by atoms with Gasteiger partial charge in [0, 0.05) is 13.0 Å². The summed E-state index contributed by atoms with van der Waals surface area (Å²) in [6.07, 6.45) is 12.0. The zero-order valence-electron chi connectivity index (χ0n) is 20.7. The van der Waals surface area contributed by atoms with Crippen molar-refractivity contribution >= 4 is 12.1 Å². The van der Waals surface area contributed by atoms with Crippen molar-refractivity contribution in [2.75, 3.05) is 6.54 Å². The van der Waals surface area contributed by atoms with Crippen molar-refractivity contribution in [3.63, 3.8) is 0 Å². The molecule has 0 aromatic carbocycles. The molecular weight excluding hydrogens is 402 g/mol. The molecule has 182 valence electrons. The molecule has 0 saturated heterocycles. The largest absolute Gasteiger partial charge is 0.481 e. The third-order valence-corrected chi connectivity index (χ3v) is 10.8. The minimum atomic E-state index is -0.654. The van der Waals surface area contributed by atoms with E-state index in [1.807, 2.05) is 6.92 Å². The normalized spacial score (nSPS) is 44.0. The third-order valence-electron chi connectivity index (χ3n) is 10.8. The van der Waals surface area contributed by atoms with Crippen LogP contribution in [0.2, 0.25) is 0 Å². The predicted molar refractivity (Wildman–Crippen MR) is 125 cm³/mol. The highest BCUT2D eigenvalue weighted by Crippen LogP contribution is 2.68. The first-order valence-corrected chi connectivity index (χ1v) is 13.3. The van der Waals surface area contributed by atoms with Crippen LogP contribution in [-0.2, 0) is 9.53 Å². The highest BCUT2D eigenvalue weighted by Gasteiger charge is 2.60. The van der Waals surface area contributed by atoms with Crippen LogP contribution in [-0.4, -0.2) is 29.8 Å². The molecular formula is C27H45NO4. The van der Waals surface area contributed by atoms with Crippen LogP contribution in [0.4, 0.5) is 4.79 Å². The molecule has 0 radical (unpaired) electrons. The molecule has 9 atom stereocenters. The third kappa shape index (κ3) is 4.18. The monoisotopic (exact) mass is 447 g/mol. The van der Waals surface area contributed by atoms with Gasteiger partial charge in [-0.05, 0) is 117 Å². The lowest BCUT2D eigenvalue weighted by molar-refractivity contribution is -0.138. The minimum absolute atomic E-state index is 0.0796. The van der Waals surface area contributed by atoms with E-state index in [0.29, 0.717) is 41.5 Å². The van der Waals surface area contributed by atoms with Gasteiger partial charge in [-0.25, -0.2) is 4.79 Å². The SMILES string of the molecule is CCNC(=O)O[C@@H]1CC[C@@]2(C)[C@H](CC[C@@H]3[C@@H]2CC[C@]2(C)[C@@H]([C@H](C)CCC(=O)O)CC[C@@H]32)C1. The zero-order chi connectivity index (χ0) is 23.1. The van der Waals surface area contributed by atoms with Crippen molar-refractivity contribution < 1.29 is 19.4 Å². The summed E-state index contributed by atoms with van der Waals surface area (Å²) in [5.41, 5.74) is 0.777. The van der Waals surface area contributed by atoms with E-state index in [-0.39, 0.29) is 12.2 Å². The molecule has 4 saturated carbocycles. The van der Waals surface area contributed by atoms with Crippen LogP contribution >= 0.6 is 0 Å². The molecule has 1 amide bonds. The van der Waals surface area contributed by atoms with Gasteiger partial charge in [0.2, 0.25) is 0 Å². The molecule has 0 aromatic rings. The molecule has 0 unspecified atom stereocenters. The number of carbonyl (C=O) groups excluding carboxylic acids is 1. The summed E-state index contributed by atoms with van der Waals surface area (Å²) in [5.74, 6) is 3.64. The first-order valence-electron chi connectivity index (χ1n) is 13.3. The molecule has 0 bridgehead atoms. The number of amides is 1. The molecule has 4 fully saturated rings. The summed E-state index contributed by atoms with van der Waals surface area (Å²) in [4.78, 5) is 23.1.